The van der Waals surface area contributed by atoms with Crippen LogP contribution in [0.3, 0.4) is 0 Å². The van der Waals surface area contributed by atoms with E-state index in [1.165, 1.54) is 36.3 Å². The minimum Gasteiger partial charge on any atom is -0.481 e. The minimum absolute atomic E-state index is 0.0278. The van der Waals surface area contributed by atoms with E-state index >= 15 is 0 Å². The summed E-state index contributed by atoms with van der Waals surface area (Å²) in [6.45, 7) is 1.30. The SMILES string of the molecule is COc1cc(C(=O)N2CCC(c3ccc(NC(=O)c4cncn4-c4ccc(Cl)cc4F)cc3)CC2)ccn1. The second kappa shape index (κ2) is 11.0. The highest BCUT2D eigenvalue weighted by molar-refractivity contribution is 6.30. The third kappa shape index (κ3) is 5.38. The largest absolute Gasteiger partial charge is 0.481 e. The summed E-state index contributed by atoms with van der Waals surface area (Å²) < 4.78 is 20.9. The summed E-state index contributed by atoms with van der Waals surface area (Å²) in [5, 5.41) is 3.12. The Morgan fingerprint density at radius 1 is 1.08 bits per heavy atom. The minimum atomic E-state index is -0.554. The Morgan fingerprint density at radius 3 is 2.55 bits per heavy atom. The first-order chi connectivity index (χ1) is 18.4. The molecule has 0 saturated carbocycles. The van der Waals surface area contributed by atoms with E-state index in [0.717, 1.165) is 18.4 Å². The molecule has 8 nitrogen and oxygen atoms in total. The van der Waals surface area contributed by atoms with E-state index in [9.17, 15) is 14.0 Å². The van der Waals surface area contributed by atoms with Crippen molar-refractivity contribution in [2.24, 2.45) is 0 Å². The third-order valence-corrected chi connectivity index (χ3v) is 6.89. The van der Waals surface area contributed by atoms with Gasteiger partial charge in [-0.1, -0.05) is 23.7 Å². The van der Waals surface area contributed by atoms with Gasteiger partial charge in [0.2, 0.25) is 5.88 Å². The molecule has 3 heterocycles. The highest BCUT2D eigenvalue weighted by Crippen LogP contribution is 2.30. The molecule has 0 unspecified atom stereocenters. The molecule has 2 aromatic carbocycles. The van der Waals surface area contributed by atoms with Crippen LogP contribution < -0.4 is 10.1 Å². The fourth-order valence-corrected chi connectivity index (χ4v) is 4.78. The van der Waals surface area contributed by atoms with Crippen LogP contribution in [0.15, 0.2) is 73.3 Å². The van der Waals surface area contributed by atoms with Crippen molar-refractivity contribution in [3.05, 3.63) is 101 Å². The summed E-state index contributed by atoms with van der Waals surface area (Å²) in [5.74, 6) is -0.268. The number of nitrogens with zero attached hydrogens (tertiary/aromatic N) is 4. The summed E-state index contributed by atoms with van der Waals surface area (Å²) in [4.78, 5) is 35.7. The average Bonchev–Trinajstić information content (AvgIpc) is 3.43. The first-order valence-electron chi connectivity index (χ1n) is 12.1. The molecule has 1 aliphatic rings. The van der Waals surface area contributed by atoms with E-state index < -0.39 is 11.7 Å². The predicted octanol–water partition coefficient (Wildman–Crippen LogP) is 5.34. The van der Waals surface area contributed by atoms with Crippen LogP contribution in [0.5, 0.6) is 5.88 Å². The van der Waals surface area contributed by atoms with Gasteiger partial charge in [0.1, 0.15) is 11.5 Å². The fraction of sp³-hybridized carbons (Fsp3) is 0.214. The summed E-state index contributed by atoms with van der Waals surface area (Å²) in [5.41, 5.74) is 2.70. The van der Waals surface area contributed by atoms with Gasteiger partial charge in [-0.3, -0.25) is 14.2 Å². The average molecular weight is 534 g/mol. The first-order valence-corrected chi connectivity index (χ1v) is 12.5. The third-order valence-electron chi connectivity index (χ3n) is 6.65. The lowest BCUT2D eigenvalue weighted by molar-refractivity contribution is 0.0712. The van der Waals surface area contributed by atoms with Crippen LogP contribution in [0.4, 0.5) is 10.1 Å². The number of rotatable bonds is 6. The molecule has 4 aromatic rings. The number of pyridine rings is 1. The molecule has 194 valence electrons. The molecule has 1 N–H and O–H groups in total. The van der Waals surface area contributed by atoms with E-state index in [2.05, 4.69) is 15.3 Å². The fourth-order valence-electron chi connectivity index (χ4n) is 4.62. The van der Waals surface area contributed by atoms with Gasteiger partial charge in [0.15, 0.2) is 0 Å². The zero-order chi connectivity index (χ0) is 26.6. The van der Waals surface area contributed by atoms with Gasteiger partial charge >= 0.3 is 0 Å². The summed E-state index contributed by atoms with van der Waals surface area (Å²) >= 11 is 5.85. The molecular formula is C28H25ClFN5O3. The Bertz CT molecular complexity index is 1470. The molecule has 0 radical (unpaired) electrons. The molecule has 1 fully saturated rings. The zero-order valence-electron chi connectivity index (χ0n) is 20.6. The second-order valence-corrected chi connectivity index (χ2v) is 9.41. The number of piperidine rings is 1. The van der Waals surface area contributed by atoms with Crippen molar-refractivity contribution in [1.82, 2.24) is 19.4 Å². The van der Waals surface area contributed by atoms with Gasteiger partial charge in [-0.05, 0) is 60.7 Å². The molecule has 2 aromatic heterocycles. The molecule has 1 saturated heterocycles. The highest BCUT2D eigenvalue weighted by Gasteiger charge is 2.25. The van der Waals surface area contributed by atoms with Crippen molar-refractivity contribution in [2.75, 3.05) is 25.5 Å². The van der Waals surface area contributed by atoms with Crippen molar-refractivity contribution < 1.29 is 18.7 Å². The molecule has 0 atom stereocenters. The smallest absolute Gasteiger partial charge is 0.274 e. The number of carbonyl (C=O) groups excluding carboxylic acids is 2. The molecule has 2 amide bonds. The molecule has 10 heteroatoms. The Balaban J connectivity index is 1.20. The Hall–Kier alpha value is -4.24. The van der Waals surface area contributed by atoms with E-state index in [1.54, 1.807) is 24.4 Å². The number of nitrogens with one attached hydrogen (secondary N) is 1. The van der Waals surface area contributed by atoms with Gasteiger partial charge in [0.25, 0.3) is 11.8 Å². The van der Waals surface area contributed by atoms with Crippen LogP contribution in [0.25, 0.3) is 5.69 Å². The van der Waals surface area contributed by atoms with E-state index in [4.69, 9.17) is 16.3 Å². The number of hydrogen-bond acceptors (Lipinski definition) is 5. The maximum atomic E-state index is 14.4. The van der Waals surface area contributed by atoms with Crippen LogP contribution in [0.2, 0.25) is 5.02 Å². The molecular weight excluding hydrogens is 509 g/mol. The molecule has 0 bridgehead atoms. The second-order valence-electron chi connectivity index (χ2n) is 8.97. The number of benzene rings is 2. The highest BCUT2D eigenvalue weighted by atomic mass is 35.5. The predicted molar refractivity (Wildman–Crippen MR) is 142 cm³/mol. The molecule has 1 aliphatic heterocycles. The zero-order valence-corrected chi connectivity index (χ0v) is 21.4. The molecule has 38 heavy (non-hydrogen) atoms. The van der Waals surface area contributed by atoms with Crippen LogP contribution in [0, 0.1) is 5.82 Å². The van der Waals surface area contributed by atoms with Gasteiger partial charge in [-0.15, -0.1) is 0 Å². The maximum absolute atomic E-state index is 14.4. The number of amides is 2. The van der Waals surface area contributed by atoms with Crippen LogP contribution >= 0.6 is 11.6 Å². The number of methoxy groups -OCH3 is 1. The van der Waals surface area contributed by atoms with Crippen molar-refractivity contribution in [3.63, 3.8) is 0 Å². The number of carbonyl (C=O) groups is 2. The number of aromatic nitrogens is 3. The quantitative estimate of drug-likeness (QED) is 0.361. The van der Waals surface area contributed by atoms with Crippen LogP contribution in [-0.4, -0.2) is 51.4 Å². The molecule has 0 spiro atoms. The lowest BCUT2D eigenvalue weighted by atomic mass is 9.89. The van der Waals surface area contributed by atoms with Gasteiger partial charge in [0, 0.05) is 41.6 Å². The summed E-state index contributed by atoms with van der Waals surface area (Å²) in [6.07, 6.45) is 6.02. The van der Waals surface area contributed by atoms with E-state index in [1.807, 2.05) is 29.2 Å². The van der Waals surface area contributed by atoms with E-state index in [0.29, 0.717) is 36.1 Å². The normalized spacial score (nSPS) is 13.8. The Kier molecular flexibility index (Phi) is 7.37. The molecule has 5 rings (SSSR count). The standard InChI is InChI=1S/C28H25ClFN5O3/c1-38-26-14-20(8-11-32-26)28(37)34-12-9-19(10-13-34)18-2-5-22(6-3-18)33-27(36)25-16-31-17-35(25)24-7-4-21(29)15-23(24)30/h2-8,11,14-17,19H,9-10,12-13H2,1H3,(H,33,36). The maximum Gasteiger partial charge on any atom is 0.274 e. The van der Waals surface area contributed by atoms with Gasteiger partial charge < -0.3 is 15.0 Å². The summed E-state index contributed by atoms with van der Waals surface area (Å²) in [6, 6.07) is 15.3. The van der Waals surface area contributed by atoms with Gasteiger partial charge in [0.05, 0.1) is 25.3 Å². The van der Waals surface area contributed by atoms with Crippen LogP contribution in [-0.2, 0) is 0 Å². The number of halogens is 2. The van der Waals surface area contributed by atoms with E-state index in [-0.39, 0.29) is 22.3 Å². The topological polar surface area (TPSA) is 89.4 Å². The number of hydrogen-bond donors (Lipinski definition) is 1. The number of imidazole rings is 1. The number of ether oxygens (including phenoxy) is 1. The van der Waals surface area contributed by atoms with Crippen molar-refractivity contribution in [3.8, 4) is 11.6 Å². The van der Waals surface area contributed by atoms with Crippen molar-refractivity contribution in [2.45, 2.75) is 18.8 Å². The van der Waals surface area contributed by atoms with Crippen LogP contribution in [0.1, 0.15) is 45.2 Å². The lowest BCUT2D eigenvalue weighted by Gasteiger charge is -2.32. The van der Waals surface area contributed by atoms with Gasteiger partial charge in [-0.25, -0.2) is 14.4 Å². The Morgan fingerprint density at radius 2 is 1.84 bits per heavy atom. The number of anilines is 1. The van der Waals surface area contributed by atoms with Gasteiger partial charge in [-0.2, -0.15) is 0 Å². The first kappa shape index (κ1) is 25.4. The summed E-state index contributed by atoms with van der Waals surface area (Å²) in [7, 11) is 1.52. The monoisotopic (exact) mass is 533 g/mol. The van der Waals surface area contributed by atoms with Crippen molar-refractivity contribution >= 4 is 29.1 Å². The lowest BCUT2D eigenvalue weighted by Crippen LogP contribution is -2.37. The number of likely N-dealkylation sites (tertiary alicyclic amines) is 1. The molecule has 0 aliphatic carbocycles. The van der Waals surface area contributed by atoms with Crippen molar-refractivity contribution in [1.29, 1.82) is 0 Å². The Labute approximate surface area is 224 Å².